The maximum atomic E-state index is 11.7. The van der Waals surface area contributed by atoms with Crippen molar-refractivity contribution in [3.63, 3.8) is 0 Å². The Labute approximate surface area is 133 Å². The standard InChI is InChI=1S/C16H16N4O3/c1-12-5-2-3-8-15(12)17-11-16(21)19-18-10-13-6-4-7-14(9-13)20(22)23/h2-10,17H,11H2,1H3,(H,19,21)/b18-10-. The van der Waals surface area contributed by atoms with Gasteiger partial charge in [-0.25, -0.2) is 5.43 Å². The van der Waals surface area contributed by atoms with E-state index in [1.165, 1.54) is 18.3 Å². The number of hydrogen-bond acceptors (Lipinski definition) is 5. The van der Waals surface area contributed by atoms with Gasteiger partial charge in [0, 0.05) is 23.4 Å². The molecule has 2 aromatic carbocycles. The molecule has 0 aliphatic heterocycles. The Kier molecular flexibility index (Phi) is 5.40. The van der Waals surface area contributed by atoms with Crippen molar-refractivity contribution in [3.05, 3.63) is 69.8 Å². The van der Waals surface area contributed by atoms with Crippen LogP contribution in [0.4, 0.5) is 11.4 Å². The van der Waals surface area contributed by atoms with Crippen molar-refractivity contribution in [3.8, 4) is 0 Å². The number of hydrazone groups is 1. The molecule has 0 atom stereocenters. The second-order valence-electron chi connectivity index (χ2n) is 4.81. The molecule has 2 N–H and O–H groups in total. The summed E-state index contributed by atoms with van der Waals surface area (Å²) in [5, 5.41) is 17.5. The first-order valence-electron chi connectivity index (χ1n) is 6.92. The number of rotatable bonds is 6. The van der Waals surface area contributed by atoms with Crippen LogP contribution < -0.4 is 10.7 Å². The molecule has 0 spiro atoms. The lowest BCUT2D eigenvalue weighted by Crippen LogP contribution is -2.26. The van der Waals surface area contributed by atoms with Gasteiger partial charge in [-0.2, -0.15) is 5.10 Å². The normalized spacial score (nSPS) is 10.5. The van der Waals surface area contributed by atoms with Gasteiger partial charge in [0.1, 0.15) is 0 Å². The summed E-state index contributed by atoms with van der Waals surface area (Å²) in [6.45, 7) is 2.03. The second kappa shape index (κ2) is 7.69. The lowest BCUT2D eigenvalue weighted by molar-refractivity contribution is -0.384. The molecule has 1 amide bonds. The number of nitro groups is 1. The highest BCUT2D eigenvalue weighted by Crippen LogP contribution is 2.12. The fourth-order valence-electron chi connectivity index (χ4n) is 1.88. The van der Waals surface area contributed by atoms with Crippen molar-refractivity contribution in [2.75, 3.05) is 11.9 Å². The largest absolute Gasteiger partial charge is 0.376 e. The zero-order chi connectivity index (χ0) is 16.7. The first kappa shape index (κ1) is 16.2. The van der Waals surface area contributed by atoms with Crippen LogP contribution in [0, 0.1) is 17.0 Å². The molecule has 0 saturated heterocycles. The second-order valence-corrected chi connectivity index (χ2v) is 4.81. The average molecular weight is 312 g/mol. The van der Waals surface area contributed by atoms with E-state index in [2.05, 4.69) is 15.8 Å². The zero-order valence-corrected chi connectivity index (χ0v) is 12.5. The summed E-state index contributed by atoms with van der Waals surface area (Å²) in [5.41, 5.74) is 4.80. The van der Waals surface area contributed by atoms with Gasteiger partial charge in [0.05, 0.1) is 17.7 Å². The van der Waals surface area contributed by atoms with E-state index in [0.717, 1.165) is 11.3 Å². The summed E-state index contributed by atoms with van der Waals surface area (Å²) in [7, 11) is 0. The third kappa shape index (κ3) is 4.92. The van der Waals surface area contributed by atoms with Crippen molar-refractivity contribution in [1.29, 1.82) is 0 Å². The number of amides is 1. The molecule has 23 heavy (non-hydrogen) atoms. The highest BCUT2D eigenvalue weighted by molar-refractivity contribution is 5.84. The zero-order valence-electron chi connectivity index (χ0n) is 12.5. The van der Waals surface area contributed by atoms with Gasteiger partial charge in [0.15, 0.2) is 0 Å². The maximum absolute atomic E-state index is 11.7. The van der Waals surface area contributed by atoms with Gasteiger partial charge in [-0.3, -0.25) is 14.9 Å². The van der Waals surface area contributed by atoms with E-state index in [1.807, 2.05) is 31.2 Å². The van der Waals surface area contributed by atoms with Gasteiger partial charge in [-0.05, 0) is 18.6 Å². The number of non-ortho nitro benzene ring substituents is 1. The van der Waals surface area contributed by atoms with E-state index in [9.17, 15) is 14.9 Å². The molecule has 0 fully saturated rings. The molecule has 7 heteroatoms. The van der Waals surface area contributed by atoms with Crippen molar-refractivity contribution in [1.82, 2.24) is 5.43 Å². The summed E-state index contributed by atoms with van der Waals surface area (Å²) in [5.74, 6) is -0.310. The van der Waals surface area contributed by atoms with Crippen LogP contribution >= 0.6 is 0 Å². The average Bonchev–Trinajstić information content (AvgIpc) is 2.54. The first-order chi connectivity index (χ1) is 11.1. The number of anilines is 1. The van der Waals surface area contributed by atoms with Crippen LogP contribution in [0.25, 0.3) is 0 Å². The molecule has 7 nitrogen and oxygen atoms in total. The number of aryl methyl sites for hydroxylation is 1. The van der Waals surface area contributed by atoms with Gasteiger partial charge >= 0.3 is 0 Å². The summed E-state index contributed by atoms with van der Waals surface area (Å²) in [4.78, 5) is 21.9. The molecule has 0 bridgehead atoms. The molecule has 0 heterocycles. The highest BCUT2D eigenvalue weighted by Gasteiger charge is 2.04. The lowest BCUT2D eigenvalue weighted by atomic mass is 10.2. The topological polar surface area (TPSA) is 96.6 Å². The number of benzene rings is 2. The number of nitrogens with one attached hydrogen (secondary N) is 2. The van der Waals surface area contributed by atoms with E-state index in [4.69, 9.17) is 0 Å². The fourth-order valence-corrected chi connectivity index (χ4v) is 1.88. The molecular formula is C16H16N4O3. The Morgan fingerprint density at radius 2 is 2.04 bits per heavy atom. The Hall–Kier alpha value is -3.22. The Bertz CT molecular complexity index is 744. The van der Waals surface area contributed by atoms with Crippen LogP contribution in [0.5, 0.6) is 0 Å². The molecule has 0 saturated carbocycles. The van der Waals surface area contributed by atoms with Crippen LogP contribution in [-0.4, -0.2) is 23.6 Å². The SMILES string of the molecule is Cc1ccccc1NCC(=O)N/N=C\c1cccc([N+](=O)[O-])c1. The van der Waals surface area contributed by atoms with Crippen molar-refractivity contribution in [2.24, 2.45) is 5.10 Å². The Morgan fingerprint density at radius 3 is 2.78 bits per heavy atom. The summed E-state index contributed by atoms with van der Waals surface area (Å²) in [6.07, 6.45) is 1.36. The van der Waals surface area contributed by atoms with Crippen LogP contribution in [0.15, 0.2) is 53.6 Å². The lowest BCUT2D eigenvalue weighted by Gasteiger charge is -2.07. The van der Waals surface area contributed by atoms with Crippen molar-refractivity contribution < 1.29 is 9.72 Å². The van der Waals surface area contributed by atoms with Crippen LogP contribution in [0.2, 0.25) is 0 Å². The van der Waals surface area contributed by atoms with Gasteiger partial charge in [-0.1, -0.05) is 30.3 Å². The van der Waals surface area contributed by atoms with E-state index >= 15 is 0 Å². The minimum Gasteiger partial charge on any atom is -0.376 e. The van der Waals surface area contributed by atoms with Crippen LogP contribution in [-0.2, 0) is 4.79 Å². The van der Waals surface area contributed by atoms with Gasteiger partial charge in [0.2, 0.25) is 0 Å². The molecule has 0 aromatic heterocycles. The van der Waals surface area contributed by atoms with Crippen molar-refractivity contribution in [2.45, 2.75) is 6.92 Å². The van der Waals surface area contributed by atoms with E-state index in [0.29, 0.717) is 5.56 Å². The number of nitrogens with zero attached hydrogens (tertiary/aromatic N) is 2. The van der Waals surface area contributed by atoms with Crippen molar-refractivity contribution >= 4 is 23.5 Å². The smallest absolute Gasteiger partial charge is 0.270 e. The summed E-state index contributed by atoms with van der Waals surface area (Å²) in [6, 6.07) is 13.6. The number of carbonyl (C=O) groups excluding carboxylic acids is 1. The quantitative estimate of drug-likeness (QED) is 0.486. The Morgan fingerprint density at radius 1 is 1.26 bits per heavy atom. The van der Waals surface area contributed by atoms with E-state index in [-0.39, 0.29) is 18.1 Å². The molecule has 0 radical (unpaired) electrons. The van der Waals surface area contributed by atoms with Crippen LogP contribution in [0.1, 0.15) is 11.1 Å². The summed E-state index contributed by atoms with van der Waals surface area (Å²) < 4.78 is 0. The monoisotopic (exact) mass is 312 g/mol. The molecule has 2 aromatic rings. The Balaban J connectivity index is 1.85. The van der Waals surface area contributed by atoms with Gasteiger partial charge in [-0.15, -0.1) is 0 Å². The summed E-state index contributed by atoms with van der Waals surface area (Å²) >= 11 is 0. The van der Waals surface area contributed by atoms with E-state index < -0.39 is 4.92 Å². The maximum Gasteiger partial charge on any atom is 0.270 e. The predicted octanol–water partition coefficient (Wildman–Crippen LogP) is 2.47. The number of para-hydroxylation sites is 1. The molecular weight excluding hydrogens is 296 g/mol. The molecule has 0 aliphatic rings. The number of carbonyl (C=O) groups is 1. The van der Waals surface area contributed by atoms with E-state index in [1.54, 1.807) is 12.1 Å². The number of hydrogen-bond donors (Lipinski definition) is 2. The third-order valence-corrected chi connectivity index (χ3v) is 3.07. The predicted molar refractivity (Wildman–Crippen MR) is 88.5 cm³/mol. The minimum atomic E-state index is -0.484. The molecule has 0 aliphatic carbocycles. The number of nitro benzene ring substituents is 1. The third-order valence-electron chi connectivity index (χ3n) is 3.07. The van der Waals surface area contributed by atoms with Gasteiger partial charge in [0.25, 0.3) is 11.6 Å². The minimum absolute atomic E-state index is 0.0264. The fraction of sp³-hybridized carbons (Fsp3) is 0.125. The first-order valence-corrected chi connectivity index (χ1v) is 6.92. The molecule has 2 rings (SSSR count). The highest BCUT2D eigenvalue weighted by atomic mass is 16.6. The van der Waals surface area contributed by atoms with Gasteiger partial charge < -0.3 is 5.32 Å². The van der Waals surface area contributed by atoms with Crippen LogP contribution in [0.3, 0.4) is 0 Å². The molecule has 0 unspecified atom stereocenters. The molecule has 118 valence electrons.